The molecule has 0 spiro atoms. The Morgan fingerprint density at radius 1 is 1.44 bits per heavy atom. The van der Waals surface area contributed by atoms with E-state index >= 15 is 0 Å². The third kappa shape index (κ3) is 5.21. The highest BCUT2D eigenvalue weighted by Crippen LogP contribution is 2.35. The first kappa shape index (κ1) is 14.5. The van der Waals surface area contributed by atoms with E-state index in [2.05, 4.69) is 31.9 Å². The fourth-order valence-electron chi connectivity index (χ4n) is 1.13. The zero-order chi connectivity index (χ0) is 12.3. The monoisotopic (exact) mass is 390 g/mol. The van der Waals surface area contributed by atoms with Crippen LogP contribution in [0.25, 0.3) is 0 Å². The summed E-state index contributed by atoms with van der Waals surface area (Å²) < 4.78 is 12.5. The second-order valence-electron chi connectivity index (χ2n) is 3.21. The van der Waals surface area contributed by atoms with Crippen molar-refractivity contribution < 1.29 is 19.1 Å². The maximum atomic E-state index is 11.2. The number of rotatable bonds is 5. The van der Waals surface area contributed by atoms with Crippen LogP contribution in [0.3, 0.4) is 0 Å². The predicted molar refractivity (Wildman–Crippen MR) is 70.0 cm³/mol. The molecule has 0 aliphatic heterocycles. The summed E-state index contributed by atoms with van der Waals surface area (Å²) in [6.07, 6.45) is -0.0374. The van der Waals surface area contributed by atoms with E-state index in [1.807, 2.05) is 6.07 Å². The minimum Gasteiger partial charge on any atom is -0.324 e. The summed E-state index contributed by atoms with van der Waals surface area (Å²) >= 11 is 8.17. The van der Waals surface area contributed by atoms with Crippen LogP contribution in [0.4, 0.5) is 0 Å². The summed E-state index contributed by atoms with van der Waals surface area (Å²) in [4.78, 5) is 28.5. The molecule has 0 aliphatic rings. The summed E-state index contributed by atoms with van der Waals surface area (Å²) in [6.45, 7) is 0. The Morgan fingerprint density at radius 3 is 2.50 bits per heavy atom. The molecule has 0 bridgehead atoms. The largest absolute Gasteiger partial charge is 0.332 e. The van der Waals surface area contributed by atoms with Crippen molar-refractivity contribution in [1.82, 2.24) is 0 Å². The molecule has 0 unspecified atom stereocenters. The standard InChI is InChI=1S/C8H9Br2O4PS/c9-7-3-5(8(10)16-7)1-2-6(11)4-15(12,13)14/h3H,1-2,4H2,(H2,12,13,14). The minimum absolute atomic E-state index is 0.146. The van der Waals surface area contributed by atoms with Crippen molar-refractivity contribution in [2.24, 2.45) is 0 Å². The molecule has 0 atom stereocenters. The molecule has 1 heterocycles. The van der Waals surface area contributed by atoms with E-state index in [0.717, 1.165) is 13.1 Å². The number of halogens is 2. The van der Waals surface area contributed by atoms with E-state index in [-0.39, 0.29) is 6.42 Å². The van der Waals surface area contributed by atoms with Gasteiger partial charge in [-0.05, 0) is 49.9 Å². The van der Waals surface area contributed by atoms with Gasteiger partial charge in [-0.3, -0.25) is 9.36 Å². The third-order valence-electron chi connectivity index (χ3n) is 1.78. The molecule has 8 heteroatoms. The van der Waals surface area contributed by atoms with Gasteiger partial charge in [0.1, 0.15) is 11.9 Å². The number of hydrogen-bond donors (Lipinski definition) is 2. The molecule has 0 aromatic carbocycles. The Kier molecular flexibility index (Phi) is 5.35. The van der Waals surface area contributed by atoms with Crippen LogP contribution in [-0.2, 0) is 15.8 Å². The molecule has 4 nitrogen and oxygen atoms in total. The third-order valence-corrected chi connectivity index (χ3v) is 5.01. The van der Waals surface area contributed by atoms with Crippen LogP contribution < -0.4 is 0 Å². The maximum absolute atomic E-state index is 11.2. The highest BCUT2D eigenvalue weighted by molar-refractivity contribution is 9.12. The Balaban J connectivity index is 2.49. The topological polar surface area (TPSA) is 74.6 Å². The van der Waals surface area contributed by atoms with Gasteiger partial charge in [0.2, 0.25) is 0 Å². The predicted octanol–water partition coefficient (Wildman–Crippen LogP) is 2.95. The fourth-order valence-corrected chi connectivity index (χ4v) is 4.66. The van der Waals surface area contributed by atoms with Gasteiger partial charge in [-0.1, -0.05) is 0 Å². The van der Waals surface area contributed by atoms with Gasteiger partial charge in [-0.15, -0.1) is 11.3 Å². The molecule has 1 rings (SSSR count). The van der Waals surface area contributed by atoms with Gasteiger partial charge in [-0.2, -0.15) is 0 Å². The van der Waals surface area contributed by atoms with Crippen LogP contribution >= 0.6 is 50.8 Å². The lowest BCUT2D eigenvalue weighted by atomic mass is 10.1. The van der Waals surface area contributed by atoms with Crippen LogP contribution in [0.15, 0.2) is 13.6 Å². The summed E-state index contributed by atoms with van der Waals surface area (Å²) in [5.74, 6) is -0.414. The van der Waals surface area contributed by atoms with Crippen molar-refractivity contribution in [2.75, 3.05) is 6.16 Å². The molecule has 0 saturated heterocycles. The summed E-state index contributed by atoms with van der Waals surface area (Å²) in [5, 5.41) is 0. The summed E-state index contributed by atoms with van der Waals surface area (Å²) in [6, 6.07) is 1.89. The lowest BCUT2D eigenvalue weighted by Gasteiger charge is -2.02. The van der Waals surface area contributed by atoms with Crippen molar-refractivity contribution in [2.45, 2.75) is 12.8 Å². The number of aryl methyl sites for hydroxylation is 1. The fraction of sp³-hybridized carbons (Fsp3) is 0.375. The van der Waals surface area contributed by atoms with E-state index in [0.29, 0.717) is 6.42 Å². The molecule has 2 N–H and O–H groups in total. The molecular formula is C8H9Br2O4PS. The van der Waals surface area contributed by atoms with E-state index in [9.17, 15) is 9.36 Å². The molecule has 0 aliphatic carbocycles. The molecular weight excluding hydrogens is 383 g/mol. The van der Waals surface area contributed by atoms with Crippen LogP contribution in [0.2, 0.25) is 0 Å². The second-order valence-corrected chi connectivity index (χ2v) is 8.61. The Hall–Kier alpha value is 0.480. The number of thiophene rings is 1. The van der Waals surface area contributed by atoms with Gasteiger partial charge in [0, 0.05) is 6.42 Å². The van der Waals surface area contributed by atoms with Crippen molar-refractivity contribution in [3.8, 4) is 0 Å². The van der Waals surface area contributed by atoms with Crippen molar-refractivity contribution >= 4 is 56.6 Å². The van der Waals surface area contributed by atoms with E-state index in [1.54, 1.807) is 0 Å². The molecule has 0 fully saturated rings. The highest BCUT2D eigenvalue weighted by Gasteiger charge is 2.19. The molecule has 90 valence electrons. The zero-order valence-corrected chi connectivity index (χ0v) is 12.9. The quantitative estimate of drug-likeness (QED) is 0.756. The first-order chi connectivity index (χ1) is 7.28. The number of carbonyl (C=O) groups excluding carboxylic acids is 1. The highest BCUT2D eigenvalue weighted by atomic mass is 79.9. The van der Waals surface area contributed by atoms with Crippen LogP contribution in [0.1, 0.15) is 12.0 Å². The summed E-state index contributed by atoms with van der Waals surface area (Å²) in [7, 11) is -4.22. The van der Waals surface area contributed by atoms with Crippen LogP contribution in [-0.4, -0.2) is 21.7 Å². The lowest BCUT2D eigenvalue weighted by Crippen LogP contribution is -2.06. The molecule has 1 aromatic rings. The average molecular weight is 392 g/mol. The summed E-state index contributed by atoms with van der Waals surface area (Å²) in [5.41, 5.74) is 0.968. The second kappa shape index (κ2) is 5.89. The minimum atomic E-state index is -4.22. The van der Waals surface area contributed by atoms with Crippen molar-refractivity contribution in [1.29, 1.82) is 0 Å². The zero-order valence-electron chi connectivity index (χ0n) is 8.02. The normalized spacial score (nSPS) is 11.8. The molecule has 0 saturated carbocycles. The van der Waals surface area contributed by atoms with Gasteiger partial charge in [0.15, 0.2) is 0 Å². The number of Topliss-reactive ketones (excluding diaryl/α,β-unsaturated/α-hetero) is 1. The first-order valence-electron chi connectivity index (χ1n) is 4.28. The van der Waals surface area contributed by atoms with Crippen molar-refractivity contribution in [3.63, 3.8) is 0 Å². The number of carbonyl (C=O) groups is 1. The van der Waals surface area contributed by atoms with Gasteiger partial charge in [0.05, 0.1) is 7.57 Å². The van der Waals surface area contributed by atoms with Gasteiger partial charge in [0.25, 0.3) is 0 Å². The SMILES string of the molecule is O=C(CCc1cc(Br)sc1Br)CP(=O)(O)O. The Labute approximate surface area is 113 Å². The average Bonchev–Trinajstić information content (AvgIpc) is 2.38. The molecule has 1 aromatic heterocycles. The molecule has 0 radical (unpaired) electrons. The van der Waals surface area contributed by atoms with Gasteiger partial charge < -0.3 is 9.79 Å². The molecule has 0 amide bonds. The molecule has 16 heavy (non-hydrogen) atoms. The lowest BCUT2D eigenvalue weighted by molar-refractivity contribution is -0.116. The van der Waals surface area contributed by atoms with Crippen molar-refractivity contribution in [3.05, 3.63) is 19.2 Å². The maximum Gasteiger partial charge on any atom is 0.332 e. The van der Waals surface area contributed by atoms with Crippen LogP contribution in [0, 0.1) is 0 Å². The van der Waals surface area contributed by atoms with E-state index < -0.39 is 19.5 Å². The van der Waals surface area contributed by atoms with Crippen LogP contribution in [0.5, 0.6) is 0 Å². The number of ketones is 1. The van der Waals surface area contributed by atoms with Gasteiger partial charge >= 0.3 is 7.60 Å². The Bertz CT molecular complexity index is 439. The number of hydrogen-bond acceptors (Lipinski definition) is 3. The van der Waals surface area contributed by atoms with Gasteiger partial charge in [-0.25, -0.2) is 0 Å². The smallest absolute Gasteiger partial charge is 0.324 e. The Morgan fingerprint density at radius 2 is 2.06 bits per heavy atom. The van der Waals surface area contributed by atoms with E-state index in [4.69, 9.17) is 9.79 Å². The first-order valence-corrected chi connectivity index (χ1v) is 8.48. The van der Waals surface area contributed by atoms with E-state index in [1.165, 1.54) is 11.3 Å².